The molecule has 2 aromatic carbocycles. The number of aromatic nitrogens is 1. The maximum absolute atomic E-state index is 11.6. The number of nitrogens with zero attached hydrogens (tertiary/aromatic N) is 1. The molecule has 8 nitrogen and oxygen atoms in total. The molecule has 1 amide bonds. The van der Waals surface area contributed by atoms with Crippen molar-refractivity contribution in [1.29, 1.82) is 0 Å². The zero-order valence-corrected chi connectivity index (χ0v) is 17.7. The smallest absolute Gasteiger partial charge is 0.337 e. The maximum atomic E-state index is 11.6. The summed E-state index contributed by atoms with van der Waals surface area (Å²) in [4.78, 5) is 25.1. The van der Waals surface area contributed by atoms with Gasteiger partial charge < -0.3 is 14.8 Å². The Balaban J connectivity index is 0.000000785. The van der Waals surface area contributed by atoms with Crippen LogP contribution in [0.15, 0.2) is 60.7 Å². The van der Waals surface area contributed by atoms with E-state index in [-0.39, 0.29) is 5.97 Å². The number of hydrogen-bond acceptors (Lipinski definition) is 7. The van der Waals surface area contributed by atoms with Gasteiger partial charge in [0.15, 0.2) is 0 Å². The van der Waals surface area contributed by atoms with Crippen LogP contribution >= 0.6 is 0 Å². The van der Waals surface area contributed by atoms with Gasteiger partial charge in [0.05, 0.1) is 18.4 Å². The van der Waals surface area contributed by atoms with Crippen molar-refractivity contribution in [3.63, 3.8) is 0 Å². The first-order chi connectivity index (χ1) is 15.0. The second-order valence-corrected chi connectivity index (χ2v) is 6.35. The molecule has 1 aromatic heterocycles. The standard InChI is InChI=1S/C22H22N2O3.CH4N2O/c1-15-6-4-8-20(23-2)18(15)14-27-21-9-5-7-19(24-21)16-10-12-17(13-11-16)22(25)26-3;2-3-1-4/h4-13,23H,14H2,1-3H3;1H,2H2,(H,3,4). The quantitative estimate of drug-likeness (QED) is 0.176. The number of carbonyl (C=O) groups excluding carboxylic acids is 2. The minimum Gasteiger partial charge on any atom is -0.473 e. The molecule has 0 aliphatic carbocycles. The number of aryl methyl sites for hydroxylation is 1. The Morgan fingerprint density at radius 2 is 1.77 bits per heavy atom. The molecule has 3 rings (SSSR count). The van der Waals surface area contributed by atoms with E-state index in [2.05, 4.69) is 29.1 Å². The van der Waals surface area contributed by atoms with Gasteiger partial charge in [-0.05, 0) is 36.8 Å². The largest absolute Gasteiger partial charge is 0.473 e. The predicted molar refractivity (Wildman–Crippen MR) is 119 cm³/mol. The maximum Gasteiger partial charge on any atom is 0.337 e. The fourth-order valence-corrected chi connectivity index (χ4v) is 2.83. The van der Waals surface area contributed by atoms with E-state index in [1.54, 1.807) is 17.6 Å². The molecule has 0 fully saturated rings. The Hall–Kier alpha value is -3.91. The van der Waals surface area contributed by atoms with Crippen LogP contribution in [-0.4, -0.2) is 31.5 Å². The summed E-state index contributed by atoms with van der Waals surface area (Å²) < 4.78 is 10.7. The second kappa shape index (κ2) is 11.9. The SMILES string of the molecule is CNc1cccc(C)c1COc1cccc(-c2ccc(C(=O)OC)cc2)n1.NNC=O. The van der Waals surface area contributed by atoms with Crippen molar-refractivity contribution in [2.24, 2.45) is 5.84 Å². The predicted octanol–water partition coefficient (Wildman–Crippen LogP) is 3.07. The third-order valence-corrected chi connectivity index (χ3v) is 4.44. The molecule has 4 N–H and O–H groups in total. The van der Waals surface area contributed by atoms with E-state index in [9.17, 15) is 4.79 Å². The van der Waals surface area contributed by atoms with Gasteiger partial charge in [-0.2, -0.15) is 0 Å². The number of ether oxygens (including phenoxy) is 2. The minimum absolute atomic E-state index is 0.356. The highest BCUT2D eigenvalue weighted by atomic mass is 16.5. The second-order valence-electron chi connectivity index (χ2n) is 6.35. The summed E-state index contributed by atoms with van der Waals surface area (Å²) in [6.45, 7) is 2.49. The number of benzene rings is 2. The fraction of sp³-hybridized carbons (Fsp3) is 0.174. The van der Waals surface area contributed by atoms with E-state index in [0.717, 1.165) is 28.1 Å². The van der Waals surface area contributed by atoms with Crippen LogP contribution < -0.4 is 21.3 Å². The summed E-state index contributed by atoms with van der Waals surface area (Å²) in [7, 11) is 3.27. The van der Waals surface area contributed by atoms with Crippen molar-refractivity contribution in [3.05, 3.63) is 77.4 Å². The third-order valence-electron chi connectivity index (χ3n) is 4.44. The number of hydrogen-bond donors (Lipinski definition) is 3. The lowest BCUT2D eigenvalue weighted by molar-refractivity contribution is -0.109. The molecule has 0 radical (unpaired) electrons. The Morgan fingerprint density at radius 1 is 1.10 bits per heavy atom. The number of anilines is 1. The van der Waals surface area contributed by atoms with Crippen LogP contribution in [0.1, 0.15) is 21.5 Å². The van der Waals surface area contributed by atoms with Crippen LogP contribution in [0.5, 0.6) is 5.88 Å². The molecular formula is C23H26N4O4. The van der Waals surface area contributed by atoms with E-state index < -0.39 is 0 Å². The number of methoxy groups -OCH3 is 1. The van der Waals surface area contributed by atoms with E-state index in [1.165, 1.54) is 7.11 Å². The van der Waals surface area contributed by atoms with Gasteiger partial charge in [0.2, 0.25) is 12.3 Å². The number of nitrogens with one attached hydrogen (secondary N) is 2. The molecule has 0 spiro atoms. The first-order valence-corrected chi connectivity index (χ1v) is 9.48. The highest BCUT2D eigenvalue weighted by Gasteiger charge is 2.09. The lowest BCUT2D eigenvalue weighted by Gasteiger charge is -2.13. The van der Waals surface area contributed by atoms with Crippen molar-refractivity contribution in [3.8, 4) is 17.1 Å². The van der Waals surface area contributed by atoms with Crippen molar-refractivity contribution >= 4 is 18.1 Å². The number of esters is 1. The highest BCUT2D eigenvalue weighted by Crippen LogP contribution is 2.23. The van der Waals surface area contributed by atoms with Gasteiger partial charge in [-0.1, -0.05) is 30.3 Å². The molecule has 0 aliphatic heterocycles. The van der Waals surface area contributed by atoms with Crippen molar-refractivity contribution < 1.29 is 19.1 Å². The number of amides is 1. The van der Waals surface area contributed by atoms with Crippen LogP contribution in [0.3, 0.4) is 0 Å². The third kappa shape index (κ3) is 6.55. The summed E-state index contributed by atoms with van der Waals surface area (Å²) in [5.41, 5.74) is 7.26. The molecule has 162 valence electrons. The molecule has 0 bridgehead atoms. The summed E-state index contributed by atoms with van der Waals surface area (Å²) >= 11 is 0. The average Bonchev–Trinajstić information content (AvgIpc) is 2.83. The molecule has 3 aromatic rings. The summed E-state index contributed by atoms with van der Waals surface area (Å²) in [5.74, 6) is 4.60. The number of carbonyl (C=O) groups is 2. The zero-order chi connectivity index (χ0) is 22.6. The number of rotatable bonds is 7. The van der Waals surface area contributed by atoms with E-state index in [4.69, 9.17) is 14.3 Å². The first-order valence-electron chi connectivity index (χ1n) is 9.48. The molecule has 1 heterocycles. The monoisotopic (exact) mass is 422 g/mol. The van der Waals surface area contributed by atoms with E-state index >= 15 is 0 Å². The fourth-order valence-electron chi connectivity index (χ4n) is 2.83. The molecular weight excluding hydrogens is 396 g/mol. The lowest BCUT2D eigenvalue weighted by Crippen LogP contribution is -2.18. The molecule has 0 saturated heterocycles. The molecule has 0 unspecified atom stereocenters. The number of nitrogens with two attached hydrogens (primary N) is 1. The van der Waals surface area contributed by atoms with Crippen LogP contribution in [0.4, 0.5) is 5.69 Å². The molecule has 31 heavy (non-hydrogen) atoms. The topological polar surface area (TPSA) is 116 Å². The van der Waals surface area contributed by atoms with Crippen molar-refractivity contribution in [1.82, 2.24) is 10.4 Å². The van der Waals surface area contributed by atoms with Crippen LogP contribution in [0, 0.1) is 6.92 Å². The molecule has 0 aliphatic rings. The van der Waals surface area contributed by atoms with Gasteiger partial charge in [-0.25, -0.2) is 15.6 Å². The van der Waals surface area contributed by atoms with Crippen LogP contribution in [0.2, 0.25) is 0 Å². The minimum atomic E-state index is -0.356. The van der Waals surface area contributed by atoms with Gasteiger partial charge >= 0.3 is 5.97 Å². The lowest BCUT2D eigenvalue weighted by atomic mass is 10.1. The molecule has 8 heteroatoms. The van der Waals surface area contributed by atoms with E-state index in [1.807, 2.05) is 49.5 Å². The Labute approximate surface area is 181 Å². The Bertz CT molecular complexity index is 1010. The van der Waals surface area contributed by atoms with Gasteiger partial charge in [0.1, 0.15) is 6.61 Å². The van der Waals surface area contributed by atoms with Crippen molar-refractivity contribution in [2.45, 2.75) is 13.5 Å². The Morgan fingerprint density at radius 3 is 2.39 bits per heavy atom. The molecule has 0 saturated carbocycles. The summed E-state index contributed by atoms with van der Waals surface area (Å²) in [6, 6.07) is 18.9. The average molecular weight is 422 g/mol. The van der Waals surface area contributed by atoms with Gasteiger partial charge in [-0.3, -0.25) is 10.2 Å². The van der Waals surface area contributed by atoms with Gasteiger partial charge in [0.25, 0.3) is 0 Å². The van der Waals surface area contributed by atoms with Gasteiger partial charge in [-0.15, -0.1) is 0 Å². The Kier molecular flexibility index (Phi) is 9.00. The highest BCUT2D eigenvalue weighted by molar-refractivity contribution is 5.89. The zero-order valence-electron chi connectivity index (χ0n) is 17.7. The van der Waals surface area contributed by atoms with Gasteiger partial charge in [0, 0.05) is 29.9 Å². The summed E-state index contributed by atoms with van der Waals surface area (Å²) in [6.07, 6.45) is 0.403. The normalized spacial score (nSPS) is 9.68. The van der Waals surface area contributed by atoms with Crippen LogP contribution in [-0.2, 0) is 16.1 Å². The van der Waals surface area contributed by atoms with Crippen LogP contribution in [0.25, 0.3) is 11.3 Å². The number of hydrazine groups is 1. The number of pyridine rings is 1. The summed E-state index contributed by atoms with van der Waals surface area (Å²) in [5, 5.41) is 3.19. The van der Waals surface area contributed by atoms with E-state index in [0.29, 0.717) is 24.5 Å². The molecule has 0 atom stereocenters. The van der Waals surface area contributed by atoms with Crippen molar-refractivity contribution in [2.75, 3.05) is 19.5 Å². The first kappa shape index (κ1) is 23.4.